The molecule has 0 unspecified atom stereocenters. The van der Waals surface area contributed by atoms with E-state index < -0.39 is 38.7 Å². The normalized spacial score (nSPS) is 12.3. The molecular formula is C45H92O8Si4. The third-order valence-electron chi connectivity index (χ3n) is 12.6. The molecule has 0 rings (SSSR count). The van der Waals surface area contributed by atoms with Gasteiger partial charge in [0.1, 0.15) is 31.8 Å². The molecule has 0 atom stereocenters. The molecule has 0 aromatic rings. The fraction of sp³-hybridized carbons (Fsp3) is 0.822. The molecule has 0 radical (unpaired) electrons. The molecule has 0 aliphatic carbocycles. The summed E-state index contributed by atoms with van der Waals surface area (Å²) in [6.45, 7) is 44.4. The van der Waals surface area contributed by atoms with E-state index in [1.165, 1.54) is 0 Å². The predicted octanol–water partition coefficient (Wildman–Crippen LogP) is 15.1. The van der Waals surface area contributed by atoms with Crippen LogP contribution in [0.1, 0.15) is 138 Å². The molecule has 0 aromatic heterocycles. The van der Waals surface area contributed by atoms with Crippen molar-refractivity contribution in [3.63, 3.8) is 0 Å². The summed E-state index contributed by atoms with van der Waals surface area (Å²) < 4.78 is 55.4. The van der Waals surface area contributed by atoms with Crippen molar-refractivity contribution in [2.24, 2.45) is 5.41 Å². The monoisotopic (exact) mass is 873 g/mol. The minimum absolute atomic E-state index is 0.227. The zero-order valence-electron chi connectivity index (χ0n) is 41.1. The number of rotatable bonds is 32. The molecule has 0 heterocycles. The van der Waals surface area contributed by atoms with Gasteiger partial charge >= 0.3 is 0 Å². The van der Waals surface area contributed by atoms with E-state index in [9.17, 15) is 0 Å². The van der Waals surface area contributed by atoms with Crippen LogP contribution in [0.5, 0.6) is 0 Å². The van der Waals surface area contributed by atoms with Crippen molar-refractivity contribution in [2.45, 2.75) is 211 Å². The second-order valence-corrected chi connectivity index (χ2v) is 36.0. The topological polar surface area (TPSA) is 73.8 Å². The van der Waals surface area contributed by atoms with Crippen LogP contribution in [0.25, 0.3) is 0 Å². The van der Waals surface area contributed by atoms with Gasteiger partial charge in [0.25, 0.3) is 57.1 Å². The van der Waals surface area contributed by atoms with Crippen LogP contribution in [-0.2, 0) is 36.7 Å². The van der Waals surface area contributed by atoms with Gasteiger partial charge in [0.05, 0.1) is 0 Å². The Hall–Kier alpha value is -1.77. The molecular weight excluding hydrogens is 781 g/mol. The molecule has 8 nitrogen and oxygen atoms in total. The van der Waals surface area contributed by atoms with Gasteiger partial charge in [0, 0.05) is 22.3 Å². The van der Waals surface area contributed by atoms with E-state index in [0.717, 1.165) is 94.8 Å². The minimum Gasteiger partial charge on any atom is -0.519 e. The van der Waals surface area contributed by atoms with E-state index in [1.807, 2.05) is 0 Å². The Balaban J connectivity index is 7.71. The molecule has 0 aliphatic rings. The van der Waals surface area contributed by atoms with Gasteiger partial charge in [0.15, 0.2) is 0 Å². The summed E-state index contributed by atoms with van der Waals surface area (Å²) in [6, 6.07) is 12.1. The van der Waals surface area contributed by atoms with Crippen LogP contribution in [0, 0.1) is 5.41 Å². The molecule has 57 heavy (non-hydrogen) atoms. The Morgan fingerprint density at radius 2 is 0.421 bits per heavy atom. The molecule has 0 saturated carbocycles. The van der Waals surface area contributed by atoms with E-state index in [1.54, 1.807) is 0 Å². The highest BCUT2D eigenvalue weighted by molar-refractivity contribution is 6.75. The molecule has 12 heteroatoms. The van der Waals surface area contributed by atoms with Gasteiger partial charge in [-0.15, -0.1) is 0 Å². The number of hydrogen-bond acceptors (Lipinski definition) is 8. The van der Waals surface area contributed by atoms with Crippen molar-refractivity contribution in [1.29, 1.82) is 0 Å². The highest BCUT2D eigenvalue weighted by atomic mass is 28.4. The molecule has 0 aliphatic heterocycles. The first-order chi connectivity index (χ1) is 26.8. The van der Waals surface area contributed by atoms with E-state index >= 15 is 0 Å². The van der Waals surface area contributed by atoms with Crippen molar-refractivity contribution < 1.29 is 36.7 Å². The van der Waals surface area contributed by atoms with Crippen molar-refractivity contribution in [3.8, 4) is 0 Å². The number of allylic oxidation sites excluding steroid dienone is 4. The van der Waals surface area contributed by atoms with Crippen LogP contribution in [0.3, 0.4) is 0 Å². The summed E-state index contributed by atoms with van der Waals surface area (Å²) in [7, 11) is -8.23. The Labute approximate surface area is 357 Å². The van der Waals surface area contributed by atoms with Gasteiger partial charge < -0.3 is 36.7 Å². The van der Waals surface area contributed by atoms with Crippen molar-refractivity contribution in [1.82, 2.24) is 0 Å². The standard InChI is InChI=1S/C45H92O8Si4/c1-21-54(22-2,23-3)50-41(37(13)14)46-33-45(34-47-42(38(15)16)51-55(24-4,25-5)26-6,35-48-43(39(17)18)52-56(27-7,28-8)29-9)36-49-44(40(19)20)53-57(30-10,31-11)32-12/h21-36H2,1-20H3. The van der Waals surface area contributed by atoms with E-state index in [-0.39, 0.29) is 26.4 Å². The van der Waals surface area contributed by atoms with Gasteiger partial charge in [-0.05, 0) is 128 Å². The van der Waals surface area contributed by atoms with E-state index in [4.69, 9.17) is 36.7 Å². The van der Waals surface area contributed by atoms with Crippen LogP contribution in [-0.4, -0.2) is 59.7 Å². The molecule has 0 saturated heterocycles. The van der Waals surface area contributed by atoms with Crippen molar-refractivity contribution in [3.05, 3.63) is 46.1 Å². The maximum Gasteiger partial charge on any atom is 0.263 e. The Kier molecular flexibility index (Phi) is 25.6. The largest absolute Gasteiger partial charge is 0.519 e. The minimum atomic E-state index is -2.06. The molecule has 0 amide bonds. The first-order valence-electron chi connectivity index (χ1n) is 22.7. The summed E-state index contributed by atoms with van der Waals surface area (Å²) in [5, 5.41) is 0. The quantitative estimate of drug-likeness (QED) is 0.0489. The highest BCUT2D eigenvalue weighted by Crippen LogP contribution is 2.35. The Morgan fingerprint density at radius 1 is 0.281 bits per heavy atom. The summed E-state index contributed by atoms with van der Waals surface area (Å²) in [6.07, 6.45) is 0. The fourth-order valence-electron chi connectivity index (χ4n) is 6.88. The summed E-state index contributed by atoms with van der Waals surface area (Å²) in [5.41, 5.74) is 3.19. The zero-order chi connectivity index (χ0) is 44.1. The third-order valence-corrected chi connectivity index (χ3v) is 30.6. The molecule has 0 spiro atoms. The Morgan fingerprint density at radius 3 is 0.526 bits per heavy atom. The molecule has 0 aromatic carbocycles. The average molecular weight is 874 g/mol. The smallest absolute Gasteiger partial charge is 0.263 e. The van der Waals surface area contributed by atoms with Crippen LogP contribution in [0.2, 0.25) is 72.5 Å². The number of hydrogen-bond donors (Lipinski definition) is 0. The second kappa shape index (κ2) is 26.4. The van der Waals surface area contributed by atoms with E-state index in [2.05, 4.69) is 138 Å². The SMILES string of the molecule is CC[Si](CC)(CC)OC(OCC(COC(O[Si](CC)(CC)CC)=C(C)C)(COC(O[Si](CC)(CC)CC)=C(C)C)COC(O[Si](CC)(CC)CC)=C(C)C)=C(C)C. The van der Waals surface area contributed by atoms with Gasteiger partial charge in [-0.2, -0.15) is 0 Å². The molecule has 0 bridgehead atoms. The molecule has 336 valence electrons. The number of ether oxygens (including phenoxy) is 4. The first-order valence-corrected chi connectivity index (χ1v) is 32.9. The van der Waals surface area contributed by atoms with Gasteiger partial charge in [-0.3, -0.25) is 0 Å². The second-order valence-electron chi connectivity index (χ2n) is 17.2. The van der Waals surface area contributed by atoms with Crippen LogP contribution in [0.15, 0.2) is 46.1 Å². The van der Waals surface area contributed by atoms with Crippen LogP contribution in [0.4, 0.5) is 0 Å². The maximum atomic E-state index is 6.95. The zero-order valence-corrected chi connectivity index (χ0v) is 45.1. The Bertz CT molecular complexity index is 1050. The third kappa shape index (κ3) is 16.7. The van der Waals surface area contributed by atoms with E-state index in [0.29, 0.717) is 23.8 Å². The average Bonchev–Trinajstić information content (AvgIpc) is 3.21. The predicted molar refractivity (Wildman–Crippen MR) is 253 cm³/mol. The summed E-state index contributed by atoms with van der Waals surface area (Å²) >= 11 is 0. The highest BCUT2D eigenvalue weighted by Gasteiger charge is 2.42. The summed E-state index contributed by atoms with van der Waals surface area (Å²) in [4.78, 5) is 0. The van der Waals surface area contributed by atoms with Crippen molar-refractivity contribution >= 4 is 33.3 Å². The van der Waals surface area contributed by atoms with Crippen LogP contribution < -0.4 is 0 Å². The van der Waals surface area contributed by atoms with Gasteiger partial charge in [-0.1, -0.05) is 83.1 Å². The van der Waals surface area contributed by atoms with Crippen molar-refractivity contribution in [2.75, 3.05) is 26.4 Å². The fourth-order valence-corrected chi connectivity index (χ4v) is 17.2. The lowest BCUT2D eigenvalue weighted by atomic mass is 9.92. The lowest BCUT2D eigenvalue weighted by Crippen LogP contribution is -2.44. The maximum absolute atomic E-state index is 6.95. The summed E-state index contributed by atoms with van der Waals surface area (Å²) in [5.74, 6) is 2.41. The van der Waals surface area contributed by atoms with Gasteiger partial charge in [-0.25, -0.2) is 0 Å². The lowest BCUT2D eigenvalue weighted by Gasteiger charge is -2.38. The van der Waals surface area contributed by atoms with Crippen LogP contribution >= 0.6 is 0 Å². The molecule has 0 N–H and O–H groups in total. The first kappa shape index (κ1) is 55.2. The lowest BCUT2D eigenvalue weighted by molar-refractivity contribution is -0.105. The molecule has 0 fully saturated rings. The van der Waals surface area contributed by atoms with Gasteiger partial charge in [0.2, 0.25) is 0 Å².